The lowest BCUT2D eigenvalue weighted by Gasteiger charge is -2.39. The highest BCUT2D eigenvalue weighted by atomic mass is 16.5. The molecule has 3 N–H and O–H groups in total. The molecule has 1 saturated carbocycles. The second kappa shape index (κ2) is 15.4. The fourth-order valence-electron chi connectivity index (χ4n) is 5.19. The summed E-state index contributed by atoms with van der Waals surface area (Å²) in [5.41, 5.74) is -0.195. The molecule has 222 valence electrons. The summed E-state index contributed by atoms with van der Waals surface area (Å²) in [4.78, 5) is 54.4. The van der Waals surface area contributed by atoms with Gasteiger partial charge in [-0.1, -0.05) is 45.1 Å². The molecule has 1 aliphatic carbocycles. The lowest BCUT2D eigenvalue weighted by atomic mass is 9.80. The van der Waals surface area contributed by atoms with Crippen molar-refractivity contribution >= 4 is 23.6 Å². The molecule has 1 atom stereocenters. The van der Waals surface area contributed by atoms with E-state index < -0.39 is 29.2 Å². The molecule has 0 radical (unpaired) electrons. The van der Waals surface area contributed by atoms with E-state index in [4.69, 9.17) is 14.2 Å². The van der Waals surface area contributed by atoms with E-state index in [-0.39, 0.29) is 12.6 Å². The van der Waals surface area contributed by atoms with E-state index in [0.29, 0.717) is 69.9 Å². The van der Waals surface area contributed by atoms with Crippen molar-refractivity contribution in [2.24, 2.45) is 0 Å². The van der Waals surface area contributed by atoms with Gasteiger partial charge in [0, 0.05) is 19.6 Å². The van der Waals surface area contributed by atoms with Gasteiger partial charge in [-0.2, -0.15) is 0 Å². The van der Waals surface area contributed by atoms with E-state index in [1.165, 1.54) is 0 Å². The number of rotatable bonds is 13. The smallest absolute Gasteiger partial charge is 0.318 e. The minimum absolute atomic E-state index is 0.244. The number of hydrogen-bond acceptors (Lipinski definition) is 7. The molecule has 1 aromatic rings. The van der Waals surface area contributed by atoms with Crippen LogP contribution in [0.5, 0.6) is 11.5 Å². The number of benzene rings is 1. The fraction of sp³-hybridized carbons (Fsp3) is 0.655. The summed E-state index contributed by atoms with van der Waals surface area (Å²) in [5.74, 6) is -0.628. The third-order valence-corrected chi connectivity index (χ3v) is 7.63. The first kappa shape index (κ1) is 31.2. The molecule has 1 aliphatic heterocycles. The van der Waals surface area contributed by atoms with Crippen LogP contribution in [-0.2, 0) is 25.5 Å². The van der Waals surface area contributed by atoms with Gasteiger partial charge in [0.2, 0.25) is 11.7 Å². The van der Waals surface area contributed by atoms with Gasteiger partial charge in [-0.25, -0.2) is 4.79 Å². The van der Waals surface area contributed by atoms with Gasteiger partial charge in [-0.3, -0.25) is 14.4 Å². The van der Waals surface area contributed by atoms with E-state index in [9.17, 15) is 19.2 Å². The van der Waals surface area contributed by atoms with E-state index >= 15 is 0 Å². The van der Waals surface area contributed by atoms with Gasteiger partial charge in [0.25, 0.3) is 5.91 Å². The number of ether oxygens (including phenoxy) is 3. The zero-order valence-corrected chi connectivity index (χ0v) is 24.0. The SMILES string of the molecule is CCCCC(NC(=O)C1(NC(=O)N2CCOCC2)CCCCC1)C(=O)C(=O)NCCc1ccc(OC)c(OC)c1. The largest absolute Gasteiger partial charge is 0.493 e. The van der Waals surface area contributed by atoms with E-state index in [2.05, 4.69) is 16.0 Å². The van der Waals surface area contributed by atoms with Crippen LogP contribution in [0.2, 0.25) is 0 Å². The number of unbranched alkanes of at least 4 members (excludes halogenated alkanes) is 1. The van der Waals surface area contributed by atoms with Crippen molar-refractivity contribution in [1.82, 2.24) is 20.9 Å². The van der Waals surface area contributed by atoms with Crippen LogP contribution in [0.3, 0.4) is 0 Å². The van der Waals surface area contributed by atoms with Crippen LogP contribution in [0, 0.1) is 0 Å². The molecule has 0 spiro atoms. The van der Waals surface area contributed by atoms with Crippen LogP contribution >= 0.6 is 0 Å². The van der Waals surface area contributed by atoms with Gasteiger partial charge in [-0.15, -0.1) is 0 Å². The van der Waals surface area contributed by atoms with Crippen LogP contribution in [0.4, 0.5) is 4.79 Å². The second-order valence-electron chi connectivity index (χ2n) is 10.4. The second-order valence-corrected chi connectivity index (χ2v) is 10.4. The van der Waals surface area contributed by atoms with Crippen molar-refractivity contribution in [2.45, 2.75) is 76.3 Å². The predicted octanol–water partition coefficient (Wildman–Crippen LogP) is 2.35. The van der Waals surface area contributed by atoms with Crippen molar-refractivity contribution in [3.63, 3.8) is 0 Å². The van der Waals surface area contributed by atoms with Crippen molar-refractivity contribution in [3.05, 3.63) is 23.8 Å². The summed E-state index contributed by atoms with van der Waals surface area (Å²) >= 11 is 0. The molecule has 1 unspecified atom stereocenters. The van der Waals surface area contributed by atoms with Crippen molar-refractivity contribution in [3.8, 4) is 11.5 Å². The number of Topliss-reactive ketones (excluding diaryl/α,β-unsaturated/α-hetero) is 1. The Morgan fingerprint density at radius 1 is 1.02 bits per heavy atom. The highest BCUT2D eigenvalue weighted by Gasteiger charge is 2.43. The van der Waals surface area contributed by atoms with Crippen LogP contribution in [0.1, 0.15) is 63.9 Å². The summed E-state index contributed by atoms with van der Waals surface area (Å²) in [5, 5.41) is 8.53. The Morgan fingerprint density at radius 2 is 1.73 bits per heavy atom. The minimum Gasteiger partial charge on any atom is -0.493 e. The lowest BCUT2D eigenvalue weighted by molar-refractivity contribution is -0.141. The number of morpholine rings is 1. The molecule has 11 nitrogen and oxygen atoms in total. The maximum absolute atomic E-state index is 13.7. The van der Waals surface area contributed by atoms with Gasteiger partial charge in [0.1, 0.15) is 5.54 Å². The number of nitrogens with zero attached hydrogens (tertiary/aromatic N) is 1. The Labute approximate surface area is 236 Å². The number of carbonyl (C=O) groups excluding carboxylic acids is 4. The first-order chi connectivity index (χ1) is 19.3. The Kier molecular flexibility index (Phi) is 12.0. The molecule has 2 fully saturated rings. The third-order valence-electron chi connectivity index (χ3n) is 7.63. The summed E-state index contributed by atoms with van der Waals surface area (Å²) < 4.78 is 15.9. The topological polar surface area (TPSA) is 135 Å². The summed E-state index contributed by atoms with van der Waals surface area (Å²) in [6, 6.07) is 4.22. The molecule has 1 heterocycles. The molecule has 4 amide bonds. The molecule has 2 aliphatic rings. The van der Waals surface area contributed by atoms with Crippen LogP contribution < -0.4 is 25.4 Å². The number of amides is 4. The fourth-order valence-corrected chi connectivity index (χ4v) is 5.19. The zero-order valence-electron chi connectivity index (χ0n) is 24.0. The summed E-state index contributed by atoms with van der Waals surface area (Å²) in [7, 11) is 3.11. The van der Waals surface area contributed by atoms with Crippen LogP contribution in [-0.4, -0.2) is 87.2 Å². The average molecular weight is 561 g/mol. The van der Waals surface area contributed by atoms with Crippen molar-refractivity contribution in [1.29, 1.82) is 0 Å². The standard InChI is InChI=1S/C29H44N4O7/c1-4-5-9-22(25(34)26(35)30-15-12-21-10-11-23(38-2)24(20-21)39-3)31-27(36)29(13-7-6-8-14-29)32-28(37)33-16-18-40-19-17-33/h10-11,20,22H,4-9,12-19H2,1-3H3,(H,30,35)(H,31,36)(H,32,37). The van der Waals surface area contributed by atoms with E-state index in [1.54, 1.807) is 25.2 Å². The molecule has 1 saturated heterocycles. The minimum atomic E-state index is -1.11. The number of hydrogen-bond donors (Lipinski definition) is 3. The maximum atomic E-state index is 13.7. The van der Waals surface area contributed by atoms with Gasteiger partial charge < -0.3 is 35.1 Å². The van der Waals surface area contributed by atoms with Crippen molar-refractivity contribution < 1.29 is 33.4 Å². The molecule has 3 rings (SSSR count). The quantitative estimate of drug-likeness (QED) is 0.315. The normalized spacial score (nSPS) is 17.3. The average Bonchev–Trinajstić information content (AvgIpc) is 2.99. The molecule has 0 bridgehead atoms. The first-order valence-electron chi connectivity index (χ1n) is 14.3. The highest BCUT2D eigenvalue weighted by Crippen LogP contribution is 2.30. The number of methoxy groups -OCH3 is 2. The monoisotopic (exact) mass is 560 g/mol. The Balaban J connectivity index is 1.63. The summed E-state index contributed by atoms with van der Waals surface area (Å²) in [6.07, 6.45) is 5.84. The Bertz CT molecular complexity index is 1020. The molecule has 40 heavy (non-hydrogen) atoms. The Morgan fingerprint density at radius 3 is 2.38 bits per heavy atom. The molecule has 0 aromatic heterocycles. The van der Waals surface area contributed by atoms with Crippen LogP contribution in [0.15, 0.2) is 18.2 Å². The van der Waals surface area contributed by atoms with Gasteiger partial charge in [0.15, 0.2) is 11.5 Å². The van der Waals surface area contributed by atoms with Crippen LogP contribution in [0.25, 0.3) is 0 Å². The number of ketones is 1. The number of urea groups is 1. The van der Waals surface area contributed by atoms with Crippen molar-refractivity contribution in [2.75, 3.05) is 47.1 Å². The van der Waals surface area contributed by atoms with E-state index in [1.807, 2.05) is 19.1 Å². The number of carbonyl (C=O) groups is 4. The van der Waals surface area contributed by atoms with E-state index in [0.717, 1.165) is 31.2 Å². The Hall–Kier alpha value is -3.34. The molecular weight excluding hydrogens is 516 g/mol. The maximum Gasteiger partial charge on any atom is 0.318 e. The first-order valence-corrected chi connectivity index (χ1v) is 14.3. The molecular formula is C29H44N4O7. The third kappa shape index (κ3) is 8.33. The highest BCUT2D eigenvalue weighted by molar-refractivity contribution is 6.38. The zero-order chi connectivity index (χ0) is 29.0. The lowest BCUT2D eigenvalue weighted by Crippen LogP contribution is -2.64. The van der Waals surface area contributed by atoms with Gasteiger partial charge in [-0.05, 0) is 43.4 Å². The molecule has 1 aromatic carbocycles. The van der Waals surface area contributed by atoms with Gasteiger partial charge in [0.05, 0.1) is 33.5 Å². The van der Waals surface area contributed by atoms with Gasteiger partial charge >= 0.3 is 6.03 Å². The number of nitrogens with one attached hydrogen (secondary N) is 3. The summed E-state index contributed by atoms with van der Waals surface area (Å²) in [6.45, 7) is 4.07. The predicted molar refractivity (Wildman–Crippen MR) is 149 cm³/mol. The molecule has 11 heteroatoms.